The number of hydrogen-bond acceptors (Lipinski definition) is 4. The van der Waals surface area contributed by atoms with E-state index < -0.39 is 7.49 Å². The van der Waals surface area contributed by atoms with Gasteiger partial charge in [0, 0.05) is 18.2 Å². The van der Waals surface area contributed by atoms with Crippen LogP contribution in [0.3, 0.4) is 0 Å². The molecule has 0 saturated heterocycles. The molecule has 4 nitrogen and oxygen atoms in total. The fourth-order valence-corrected chi connectivity index (χ4v) is 4.65. The Bertz CT molecular complexity index is 497. The van der Waals surface area contributed by atoms with E-state index in [0.29, 0.717) is 0 Å². The molecule has 0 aromatic carbocycles. The second-order valence-electron chi connectivity index (χ2n) is 3.65. The minimum atomic E-state index is -2.39. The second kappa shape index (κ2) is 4.48. The van der Waals surface area contributed by atoms with Crippen LogP contribution in [0.25, 0.3) is 0 Å². The SMILES string of the molecule is CO[P+](c1ccco1)(c1ccco1)c1ccco1. The summed E-state index contributed by atoms with van der Waals surface area (Å²) in [6.07, 6.45) is 4.86. The molecule has 0 amide bonds. The van der Waals surface area contributed by atoms with Gasteiger partial charge < -0.3 is 13.3 Å². The summed E-state index contributed by atoms with van der Waals surface area (Å²) in [4.78, 5) is 0. The summed E-state index contributed by atoms with van der Waals surface area (Å²) < 4.78 is 22.4. The lowest BCUT2D eigenvalue weighted by molar-refractivity contribution is 0.441. The minimum Gasteiger partial charge on any atom is -0.432 e. The van der Waals surface area contributed by atoms with Gasteiger partial charge in [-0.3, -0.25) is 0 Å². The molecule has 0 atom stereocenters. The zero-order chi connectivity index (χ0) is 12.4. The molecule has 3 heterocycles. The van der Waals surface area contributed by atoms with Crippen molar-refractivity contribution in [1.82, 2.24) is 0 Å². The summed E-state index contributed by atoms with van der Waals surface area (Å²) in [7, 11) is -0.751. The predicted octanol–water partition coefficient (Wildman–Crippen LogP) is 2.32. The van der Waals surface area contributed by atoms with E-state index in [-0.39, 0.29) is 0 Å². The largest absolute Gasteiger partial charge is 0.432 e. The normalized spacial score (nSPS) is 11.8. The van der Waals surface area contributed by atoms with Crippen molar-refractivity contribution in [3.05, 3.63) is 55.2 Å². The van der Waals surface area contributed by atoms with E-state index in [9.17, 15) is 0 Å². The maximum absolute atomic E-state index is 5.80. The molecule has 92 valence electrons. The monoisotopic (exact) mass is 263 g/mol. The van der Waals surface area contributed by atoms with Crippen LogP contribution in [-0.2, 0) is 4.52 Å². The molecule has 3 aromatic heterocycles. The fourth-order valence-electron chi connectivity index (χ4n) is 1.94. The van der Waals surface area contributed by atoms with Gasteiger partial charge in [-0.05, 0) is 18.2 Å². The molecule has 0 fully saturated rings. The Morgan fingerprint density at radius 3 is 1.39 bits per heavy atom. The van der Waals surface area contributed by atoms with Gasteiger partial charge in [-0.25, -0.2) is 4.52 Å². The fraction of sp³-hybridized carbons (Fsp3) is 0.0769. The first-order valence-electron chi connectivity index (χ1n) is 5.45. The first-order valence-corrected chi connectivity index (χ1v) is 7.15. The molecule has 0 unspecified atom stereocenters. The summed E-state index contributed by atoms with van der Waals surface area (Å²) in [6.45, 7) is 0. The van der Waals surface area contributed by atoms with Crippen LogP contribution in [0, 0.1) is 0 Å². The van der Waals surface area contributed by atoms with Gasteiger partial charge in [0.25, 0.3) is 16.5 Å². The van der Waals surface area contributed by atoms with E-state index in [1.165, 1.54) is 0 Å². The van der Waals surface area contributed by atoms with Crippen molar-refractivity contribution in [3.8, 4) is 0 Å². The van der Waals surface area contributed by atoms with Crippen LogP contribution in [-0.4, -0.2) is 7.11 Å². The van der Waals surface area contributed by atoms with Crippen molar-refractivity contribution in [2.45, 2.75) is 0 Å². The Hall–Kier alpha value is -1.77. The predicted molar refractivity (Wildman–Crippen MR) is 69.0 cm³/mol. The molecule has 5 heteroatoms. The zero-order valence-electron chi connectivity index (χ0n) is 9.78. The highest BCUT2D eigenvalue weighted by Gasteiger charge is 2.56. The Labute approximate surface area is 105 Å². The van der Waals surface area contributed by atoms with Crippen molar-refractivity contribution in [2.24, 2.45) is 0 Å². The van der Waals surface area contributed by atoms with Gasteiger partial charge in [-0.2, -0.15) is 0 Å². The lowest BCUT2D eigenvalue weighted by Crippen LogP contribution is -2.30. The summed E-state index contributed by atoms with van der Waals surface area (Å²) in [6, 6.07) is 11.1. The minimum absolute atomic E-state index is 0.718. The van der Waals surface area contributed by atoms with Crippen LogP contribution in [0.2, 0.25) is 0 Å². The van der Waals surface area contributed by atoms with Gasteiger partial charge >= 0.3 is 7.49 Å². The van der Waals surface area contributed by atoms with Crippen molar-refractivity contribution in [1.29, 1.82) is 0 Å². The average molecular weight is 263 g/mol. The highest BCUT2D eigenvalue weighted by Crippen LogP contribution is 2.55. The highest BCUT2D eigenvalue weighted by molar-refractivity contribution is 7.90. The van der Waals surface area contributed by atoms with Gasteiger partial charge in [0.15, 0.2) is 0 Å². The van der Waals surface area contributed by atoms with E-state index in [2.05, 4.69) is 0 Å². The van der Waals surface area contributed by atoms with Crippen LogP contribution in [0.15, 0.2) is 68.4 Å². The molecule has 18 heavy (non-hydrogen) atoms. The highest BCUT2D eigenvalue weighted by atomic mass is 31.2. The van der Waals surface area contributed by atoms with Crippen molar-refractivity contribution in [2.75, 3.05) is 7.11 Å². The van der Waals surface area contributed by atoms with E-state index in [0.717, 1.165) is 16.5 Å². The third kappa shape index (κ3) is 1.54. The summed E-state index contributed by atoms with van der Waals surface area (Å²) in [5.41, 5.74) is 2.15. The molecule has 0 radical (unpaired) electrons. The smallest absolute Gasteiger partial charge is 0.353 e. The van der Waals surface area contributed by atoms with Gasteiger partial charge in [-0.1, -0.05) is 0 Å². The van der Waals surface area contributed by atoms with Crippen molar-refractivity contribution < 1.29 is 17.8 Å². The number of rotatable bonds is 4. The zero-order valence-corrected chi connectivity index (χ0v) is 10.7. The first kappa shape index (κ1) is 11.3. The molecular formula is C13H12O4P+. The molecule has 0 saturated carbocycles. The van der Waals surface area contributed by atoms with Crippen LogP contribution in [0.5, 0.6) is 0 Å². The van der Waals surface area contributed by atoms with Gasteiger partial charge in [0.2, 0.25) is 0 Å². The van der Waals surface area contributed by atoms with Gasteiger partial charge in [-0.15, -0.1) is 0 Å². The summed E-state index contributed by atoms with van der Waals surface area (Å²) in [5.74, 6) is 0. The molecule has 0 N–H and O–H groups in total. The summed E-state index contributed by atoms with van der Waals surface area (Å²) in [5, 5.41) is 0. The van der Waals surface area contributed by atoms with E-state index in [4.69, 9.17) is 17.8 Å². The first-order chi connectivity index (χ1) is 8.88. The van der Waals surface area contributed by atoms with Crippen LogP contribution < -0.4 is 16.5 Å². The number of furan rings is 3. The second-order valence-corrected chi connectivity index (χ2v) is 6.55. The number of hydrogen-bond donors (Lipinski definition) is 0. The average Bonchev–Trinajstić information content (AvgIpc) is 3.16. The Balaban J connectivity index is 2.25. The molecule has 3 rings (SSSR count). The molecule has 3 aromatic rings. The topological polar surface area (TPSA) is 48.7 Å². The Morgan fingerprint density at radius 1 is 0.778 bits per heavy atom. The summed E-state index contributed by atoms with van der Waals surface area (Å²) >= 11 is 0. The lowest BCUT2D eigenvalue weighted by atomic mass is 10.7. The third-order valence-corrected chi connectivity index (χ3v) is 5.90. The van der Waals surface area contributed by atoms with Crippen LogP contribution in [0.1, 0.15) is 0 Å². The Morgan fingerprint density at radius 2 is 1.17 bits per heavy atom. The van der Waals surface area contributed by atoms with Gasteiger partial charge in [0.1, 0.15) is 0 Å². The van der Waals surface area contributed by atoms with E-state index >= 15 is 0 Å². The third-order valence-electron chi connectivity index (χ3n) is 2.72. The molecule has 0 aliphatic carbocycles. The standard InChI is InChI=1S/C13H12O4P/c1-14-18(11-5-2-8-15-11,12-6-3-9-16-12)13-7-4-10-17-13/h2-10H,1H3/q+1. The van der Waals surface area contributed by atoms with Gasteiger partial charge in [0.05, 0.1) is 25.9 Å². The molecule has 0 aliphatic heterocycles. The van der Waals surface area contributed by atoms with E-state index in [1.54, 1.807) is 25.9 Å². The molecule has 0 aliphatic rings. The van der Waals surface area contributed by atoms with Crippen molar-refractivity contribution >= 4 is 24.0 Å². The van der Waals surface area contributed by atoms with Crippen LogP contribution in [0.4, 0.5) is 0 Å². The molecular weight excluding hydrogens is 251 g/mol. The van der Waals surface area contributed by atoms with Crippen LogP contribution >= 0.6 is 7.49 Å². The molecule has 0 bridgehead atoms. The molecule has 0 spiro atoms. The van der Waals surface area contributed by atoms with E-state index in [1.807, 2.05) is 36.4 Å². The quantitative estimate of drug-likeness (QED) is 0.678. The lowest BCUT2D eigenvalue weighted by Gasteiger charge is -2.14. The van der Waals surface area contributed by atoms with Crippen molar-refractivity contribution in [3.63, 3.8) is 0 Å². The maximum atomic E-state index is 5.80. The Kier molecular flexibility index (Phi) is 2.82. The maximum Gasteiger partial charge on any atom is 0.353 e.